The Morgan fingerprint density at radius 1 is 0.902 bits per heavy atom. The van der Waals surface area contributed by atoms with Gasteiger partial charge in [-0.1, -0.05) is 61.5 Å². The van der Waals surface area contributed by atoms with E-state index in [1.807, 2.05) is 26.8 Å². The van der Waals surface area contributed by atoms with E-state index in [2.05, 4.69) is 27.7 Å². The zero-order valence-electron chi connectivity index (χ0n) is 32.6. The molecule has 0 aliphatic carbocycles. The Bertz CT molecular complexity index is 1300. The molecule has 5 heterocycles. The third-order valence-electron chi connectivity index (χ3n) is 13.6. The van der Waals surface area contributed by atoms with Crippen molar-refractivity contribution in [2.24, 2.45) is 47.3 Å². The van der Waals surface area contributed by atoms with Gasteiger partial charge in [0.15, 0.2) is 23.1 Å². The van der Waals surface area contributed by atoms with Crippen molar-refractivity contribution in [2.75, 3.05) is 6.61 Å². The molecule has 0 unspecified atom stereocenters. The van der Waals surface area contributed by atoms with Crippen LogP contribution in [0.2, 0.25) is 0 Å². The maximum Gasteiger partial charge on any atom is 0.306 e. The van der Waals surface area contributed by atoms with Crippen LogP contribution in [0.3, 0.4) is 0 Å². The Hall–Kier alpha value is -1.44. The number of ketones is 1. The highest BCUT2D eigenvalue weighted by atomic mass is 16.8. The van der Waals surface area contributed by atoms with Gasteiger partial charge in [0.05, 0.1) is 48.6 Å². The summed E-state index contributed by atoms with van der Waals surface area (Å²) in [4.78, 5) is 24.5. The van der Waals surface area contributed by atoms with Crippen molar-refractivity contribution in [3.63, 3.8) is 0 Å². The van der Waals surface area contributed by atoms with Crippen LogP contribution >= 0.6 is 0 Å². The molecule has 0 aromatic rings. The van der Waals surface area contributed by atoms with Crippen molar-refractivity contribution < 1.29 is 53.7 Å². The molecule has 51 heavy (non-hydrogen) atoms. The molecule has 5 fully saturated rings. The highest BCUT2D eigenvalue weighted by molar-refractivity contribution is 5.96. The van der Waals surface area contributed by atoms with Crippen LogP contribution in [0.15, 0.2) is 11.6 Å². The number of carbonyl (C=O) groups is 2. The minimum atomic E-state index is -1.60. The van der Waals surface area contributed by atoms with Gasteiger partial charge in [-0.2, -0.15) is 0 Å². The van der Waals surface area contributed by atoms with Gasteiger partial charge in [0.25, 0.3) is 0 Å². The quantitative estimate of drug-likeness (QED) is 0.207. The lowest BCUT2D eigenvalue weighted by molar-refractivity contribution is -0.373. The minimum absolute atomic E-state index is 0.0586. The monoisotopic (exact) mass is 722 g/mol. The Morgan fingerprint density at radius 2 is 1.59 bits per heavy atom. The SMILES string of the molecule is C/C(=C\[C@H](C)[C@@H]1O[C@]2(CC[C@](C)([C@H]3CC[C@@H](C)[C@]4(O[C@H]([C@@H]5O[C@](O)(CO)[C@H](C)C[C@H]5C)C[C@@H]4C)O3)O2)C[C@@H](O)[C@H]1C)C(=O)[C@H](C)C[C@H](C)C(=O)O. The average molecular weight is 723 g/mol. The van der Waals surface area contributed by atoms with Crippen LogP contribution in [0.4, 0.5) is 0 Å². The number of ether oxygens (including phenoxy) is 5. The van der Waals surface area contributed by atoms with E-state index in [0.29, 0.717) is 31.3 Å². The number of aliphatic hydroxyl groups is 3. The van der Waals surface area contributed by atoms with E-state index in [0.717, 1.165) is 19.3 Å². The zero-order chi connectivity index (χ0) is 37.8. The van der Waals surface area contributed by atoms with E-state index in [1.54, 1.807) is 20.8 Å². The molecule has 5 aliphatic rings. The van der Waals surface area contributed by atoms with Gasteiger partial charge in [-0.25, -0.2) is 0 Å². The third-order valence-corrected chi connectivity index (χ3v) is 13.6. The van der Waals surface area contributed by atoms with E-state index >= 15 is 0 Å². The molecule has 0 bridgehead atoms. The molecule has 5 saturated heterocycles. The Kier molecular flexibility index (Phi) is 12.0. The summed E-state index contributed by atoms with van der Waals surface area (Å²) in [6.07, 6.45) is 4.87. The van der Waals surface area contributed by atoms with Crippen LogP contribution in [-0.4, -0.2) is 92.3 Å². The molecule has 11 nitrogen and oxygen atoms in total. The number of hydrogen-bond acceptors (Lipinski definition) is 10. The smallest absolute Gasteiger partial charge is 0.306 e. The second-order valence-electron chi connectivity index (χ2n) is 17.8. The van der Waals surface area contributed by atoms with Crippen molar-refractivity contribution in [2.45, 2.75) is 174 Å². The lowest BCUT2D eigenvalue weighted by Gasteiger charge is -2.51. The fourth-order valence-corrected chi connectivity index (χ4v) is 10.1. The van der Waals surface area contributed by atoms with Crippen LogP contribution in [0.25, 0.3) is 0 Å². The first kappa shape index (κ1) is 40.7. The number of allylic oxidation sites excluding steroid dienone is 1. The van der Waals surface area contributed by atoms with Crippen molar-refractivity contribution >= 4 is 11.8 Å². The van der Waals surface area contributed by atoms with Crippen LogP contribution in [0.1, 0.15) is 121 Å². The van der Waals surface area contributed by atoms with Gasteiger partial charge in [0.2, 0.25) is 0 Å². The summed E-state index contributed by atoms with van der Waals surface area (Å²) >= 11 is 0. The number of hydrogen-bond donors (Lipinski definition) is 4. The van der Waals surface area contributed by atoms with Gasteiger partial charge in [0, 0.05) is 48.3 Å². The van der Waals surface area contributed by atoms with Gasteiger partial charge in [-0.15, -0.1) is 0 Å². The summed E-state index contributed by atoms with van der Waals surface area (Å²) in [5.74, 6) is -5.75. The predicted molar refractivity (Wildman–Crippen MR) is 189 cm³/mol. The van der Waals surface area contributed by atoms with Gasteiger partial charge >= 0.3 is 5.97 Å². The van der Waals surface area contributed by atoms with E-state index < -0.39 is 59.6 Å². The maximum atomic E-state index is 13.2. The molecular formula is C40H66O11. The summed E-state index contributed by atoms with van der Waals surface area (Å²) in [6.45, 7) is 19.1. The molecule has 292 valence electrons. The molecule has 2 spiro atoms. The fourth-order valence-electron chi connectivity index (χ4n) is 10.1. The summed E-state index contributed by atoms with van der Waals surface area (Å²) in [5, 5.41) is 41.7. The molecule has 0 radical (unpaired) electrons. The van der Waals surface area contributed by atoms with E-state index in [-0.39, 0.29) is 66.0 Å². The van der Waals surface area contributed by atoms with Gasteiger partial charge in [-0.3, -0.25) is 9.59 Å². The molecule has 0 aromatic carbocycles. The number of rotatable bonds is 10. The summed E-state index contributed by atoms with van der Waals surface area (Å²) < 4.78 is 34.0. The van der Waals surface area contributed by atoms with Gasteiger partial charge < -0.3 is 44.1 Å². The fraction of sp³-hybridized carbons (Fsp3) is 0.900. The highest BCUT2D eigenvalue weighted by Gasteiger charge is 2.63. The molecule has 11 heteroatoms. The second kappa shape index (κ2) is 15.0. The van der Waals surface area contributed by atoms with Crippen LogP contribution < -0.4 is 0 Å². The average Bonchev–Trinajstić information content (AvgIpc) is 3.57. The van der Waals surface area contributed by atoms with Crippen LogP contribution in [-0.2, 0) is 33.3 Å². The normalized spacial score (nSPS) is 48.1. The number of carbonyl (C=O) groups excluding carboxylic acids is 1. The van der Waals surface area contributed by atoms with Crippen LogP contribution in [0.5, 0.6) is 0 Å². The van der Waals surface area contributed by atoms with Crippen molar-refractivity contribution in [1.29, 1.82) is 0 Å². The molecule has 5 aliphatic heterocycles. The summed E-state index contributed by atoms with van der Waals surface area (Å²) in [7, 11) is 0. The number of aliphatic hydroxyl groups excluding tert-OH is 2. The molecule has 4 N–H and O–H groups in total. The molecular weight excluding hydrogens is 656 g/mol. The topological polar surface area (TPSA) is 161 Å². The Morgan fingerprint density at radius 3 is 2.24 bits per heavy atom. The molecule has 0 amide bonds. The largest absolute Gasteiger partial charge is 0.481 e. The van der Waals surface area contributed by atoms with Gasteiger partial charge in [0.1, 0.15) is 0 Å². The van der Waals surface area contributed by atoms with Crippen molar-refractivity contribution in [1.82, 2.24) is 0 Å². The first-order valence-electron chi connectivity index (χ1n) is 19.6. The predicted octanol–water partition coefficient (Wildman–Crippen LogP) is 5.61. The van der Waals surface area contributed by atoms with Crippen molar-refractivity contribution in [3.8, 4) is 0 Å². The molecule has 0 saturated carbocycles. The van der Waals surface area contributed by atoms with E-state index in [1.165, 1.54) is 0 Å². The first-order chi connectivity index (χ1) is 23.7. The summed E-state index contributed by atoms with van der Waals surface area (Å²) in [5.41, 5.74) is -0.126. The van der Waals surface area contributed by atoms with E-state index in [9.17, 15) is 30.0 Å². The van der Waals surface area contributed by atoms with E-state index in [4.69, 9.17) is 23.7 Å². The maximum absolute atomic E-state index is 13.2. The lowest BCUT2D eigenvalue weighted by Crippen LogP contribution is -2.59. The molecule has 17 atom stereocenters. The minimum Gasteiger partial charge on any atom is -0.481 e. The Labute approximate surface area is 304 Å². The van der Waals surface area contributed by atoms with Crippen molar-refractivity contribution in [3.05, 3.63) is 11.6 Å². The Balaban J connectivity index is 1.29. The summed E-state index contributed by atoms with van der Waals surface area (Å²) in [6, 6.07) is 0. The molecule has 5 rings (SSSR count). The lowest BCUT2D eigenvalue weighted by atomic mass is 9.78. The second-order valence-corrected chi connectivity index (χ2v) is 17.8. The number of carboxylic acids is 1. The number of Topliss-reactive ketones (excluding diaryl/α,β-unsaturated/α-hetero) is 1. The number of aliphatic carboxylic acids is 1. The third kappa shape index (κ3) is 7.75. The molecule has 0 aromatic heterocycles. The standard InChI is InChI=1S/C40H66O11/c1-21(33(43)22(2)16-25(5)36(44)45)15-23(3)34-29(9)30(42)19-38(49-34)14-13-37(10,51-38)32-12-11-26(6)40(48-32)28(8)18-31(47-40)35-24(4)17-27(7)39(46,20-41)50-35/h15,22-32,34-35,41-42,46H,11-14,16-20H2,1-10H3,(H,44,45)/b21-15+/t22-,23+,24-,25+,26-,27-,28+,29-,30-,31+,32-,34+,35-,37-,38+,39-,40+/m1/s1. The van der Waals surface area contributed by atoms with Gasteiger partial charge in [-0.05, 0) is 63.9 Å². The van der Waals surface area contributed by atoms with Crippen LogP contribution in [0, 0.1) is 47.3 Å². The number of carboxylic acid groups (broad SMARTS) is 1. The first-order valence-corrected chi connectivity index (χ1v) is 19.6. The highest BCUT2D eigenvalue weighted by Crippen LogP contribution is 2.56. The zero-order valence-corrected chi connectivity index (χ0v) is 32.6.